The van der Waals surface area contributed by atoms with E-state index in [0.717, 1.165) is 17.2 Å². The van der Waals surface area contributed by atoms with E-state index in [2.05, 4.69) is 22.0 Å². The predicted octanol–water partition coefficient (Wildman–Crippen LogP) is 2.38. The first-order valence-corrected chi connectivity index (χ1v) is 8.10. The van der Waals surface area contributed by atoms with Gasteiger partial charge in [-0.3, -0.25) is 4.79 Å². The van der Waals surface area contributed by atoms with Crippen molar-refractivity contribution in [3.63, 3.8) is 0 Å². The molecule has 3 N–H and O–H groups in total. The fourth-order valence-electron chi connectivity index (χ4n) is 3.84. The second-order valence-corrected chi connectivity index (χ2v) is 6.21. The zero-order chi connectivity index (χ0) is 14.7. The molecular weight excluding hydrogens is 262 g/mol. The van der Waals surface area contributed by atoms with Crippen molar-refractivity contribution in [2.24, 2.45) is 5.92 Å². The fourth-order valence-corrected chi connectivity index (χ4v) is 3.84. The van der Waals surface area contributed by atoms with Crippen LogP contribution in [-0.2, 0) is 0 Å². The van der Waals surface area contributed by atoms with Gasteiger partial charge in [0.25, 0.3) is 5.91 Å². The van der Waals surface area contributed by atoms with E-state index in [1.807, 2.05) is 18.2 Å². The molecule has 21 heavy (non-hydrogen) atoms. The Kier molecular flexibility index (Phi) is 4.44. The monoisotopic (exact) mass is 287 g/mol. The maximum atomic E-state index is 11.7. The van der Waals surface area contributed by atoms with Gasteiger partial charge in [0.05, 0.1) is 0 Å². The zero-order valence-corrected chi connectivity index (χ0v) is 12.7. The van der Waals surface area contributed by atoms with E-state index >= 15 is 0 Å². The first-order chi connectivity index (χ1) is 10.3. The summed E-state index contributed by atoms with van der Waals surface area (Å²) in [7, 11) is 1.67. The molecule has 1 heterocycles. The van der Waals surface area contributed by atoms with Gasteiger partial charge in [-0.25, -0.2) is 0 Å². The molecule has 0 bridgehead atoms. The fraction of sp³-hybridized carbons (Fsp3) is 0.588. The van der Waals surface area contributed by atoms with Crippen molar-refractivity contribution in [3.05, 3.63) is 29.8 Å². The molecular formula is C17H25N3O. The Balaban J connectivity index is 1.69. The van der Waals surface area contributed by atoms with Gasteiger partial charge in [0.1, 0.15) is 0 Å². The highest BCUT2D eigenvalue weighted by Crippen LogP contribution is 2.34. The Labute approximate surface area is 126 Å². The van der Waals surface area contributed by atoms with Gasteiger partial charge in [0.2, 0.25) is 0 Å². The van der Waals surface area contributed by atoms with Crippen LogP contribution in [0.25, 0.3) is 0 Å². The van der Waals surface area contributed by atoms with Crippen LogP contribution < -0.4 is 16.0 Å². The van der Waals surface area contributed by atoms with Crippen molar-refractivity contribution in [1.29, 1.82) is 0 Å². The summed E-state index contributed by atoms with van der Waals surface area (Å²) in [4.78, 5) is 11.7. The van der Waals surface area contributed by atoms with Crippen molar-refractivity contribution in [1.82, 2.24) is 10.6 Å². The number of nitrogens with one attached hydrogen (secondary N) is 3. The molecule has 114 valence electrons. The van der Waals surface area contributed by atoms with E-state index < -0.39 is 0 Å². The highest BCUT2D eigenvalue weighted by molar-refractivity contribution is 5.94. The number of amides is 1. The molecule has 3 rings (SSSR count). The first-order valence-electron chi connectivity index (χ1n) is 8.10. The van der Waals surface area contributed by atoms with Gasteiger partial charge in [0.15, 0.2) is 0 Å². The van der Waals surface area contributed by atoms with Crippen LogP contribution >= 0.6 is 0 Å². The third-order valence-electron chi connectivity index (χ3n) is 4.89. The van der Waals surface area contributed by atoms with Crippen LogP contribution in [0.4, 0.5) is 5.69 Å². The van der Waals surface area contributed by atoms with E-state index in [0.29, 0.717) is 12.1 Å². The lowest BCUT2D eigenvalue weighted by Crippen LogP contribution is -2.38. The maximum absolute atomic E-state index is 11.7. The van der Waals surface area contributed by atoms with Crippen LogP contribution in [0.1, 0.15) is 42.5 Å². The van der Waals surface area contributed by atoms with Gasteiger partial charge in [-0.1, -0.05) is 12.5 Å². The largest absolute Gasteiger partial charge is 0.382 e. The first kappa shape index (κ1) is 14.4. The molecule has 1 aromatic rings. The molecule has 1 saturated carbocycles. The number of carbonyl (C=O) groups excluding carboxylic acids is 1. The summed E-state index contributed by atoms with van der Waals surface area (Å²) in [5.74, 6) is 0.690. The predicted molar refractivity (Wildman–Crippen MR) is 85.6 cm³/mol. The quantitative estimate of drug-likeness (QED) is 0.797. The molecule has 1 saturated heterocycles. The number of hydrogen-bond acceptors (Lipinski definition) is 3. The van der Waals surface area contributed by atoms with Crippen molar-refractivity contribution in [2.45, 2.75) is 44.2 Å². The highest BCUT2D eigenvalue weighted by atomic mass is 16.1. The molecule has 0 radical (unpaired) electrons. The van der Waals surface area contributed by atoms with Crippen molar-refractivity contribution >= 4 is 11.6 Å². The maximum Gasteiger partial charge on any atom is 0.251 e. The summed E-state index contributed by atoms with van der Waals surface area (Å²) >= 11 is 0. The number of anilines is 1. The van der Waals surface area contributed by atoms with Crippen LogP contribution in [0.5, 0.6) is 0 Å². The van der Waals surface area contributed by atoms with E-state index in [1.165, 1.54) is 38.6 Å². The van der Waals surface area contributed by atoms with Crippen molar-refractivity contribution in [2.75, 3.05) is 18.9 Å². The van der Waals surface area contributed by atoms with Crippen molar-refractivity contribution < 1.29 is 4.79 Å². The molecule has 0 spiro atoms. The summed E-state index contributed by atoms with van der Waals surface area (Å²) in [6.45, 7) is 1.17. The van der Waals surface area contributed by atoms with Gasteiger partial charge in [-0.05, 0) is 56.3 Å². The Morgan fingerprint density at radius 3 is 2.90 bits per heavy atom. The third kappa shape index (κ3) is 3.21. The van der Waals surface area contributed by atoms with Gasteiger partial charge in [-0.15, -0.1) is 0 Å². The molecule has 4 nitrogen and oxygen atoms in total. The molecule has 3 atom stereocenters. The Morgan fingerprint density at radius 2 is 2.14 bits per heavy atom. The molecule has 0 aromatic heterocycles. The van der Waals surface area contributed by atoms with Crippen LogP contribution in [0.3, 0.4) is 0 Å². The Bertz CT molecular complexity index is 497. The lowest BCUT2D eigenvalue weighted by atomic mass is 9.93. The standard InChI is InChI=1S/C17H25N3O/c1-18-17(21)12-5-2-6-13(11-12)20-16-8-3-7-14(16)15-9-4-10-19-15/h2,5-6,11,14-16,19-20H,3-4,7-10H2,1H3,(H,18,21). The molecule has 1 amide bonds. The average Bonchev–Trinajstić information content (AvgIpc) is 3.17. The lowest BCUT2D eigenvalue weighted by molar-refractivity contribution is 0.0963. The molecule has 2 fully saturated rings. The second-order valence-electron chi connectivity index (χ2n) is 6.21. The molecule has 1 aliphatic heterocycles. The highest BCUT2D eigenvalue weighted by Gasteiger charge is 2.34. The molecule has 3 unspecified atom stereocenters. The van der Waals surface area contributed by atoms with E-state index in [4.69, 9.17) is 0 Å². The summed E-state index contributed by atoms with van der Waals surface area (Å²) in [6.07, 6.45) is 6.45. The topological polar surface area (TPSA) is 53.2 Å². The normalized spacial score (nSPS) is 28.5. The van der Waals surface area contributed by atoms with Gasteiger partial charge in [0, 0.05) is 30.4 Å². The molecule has 1 aliphatic carbocycles. The number of benzene rings is 1. The summed E-state index contributed by atoms with van der Waals surface area (Å²) in [5, 5.41) is 10.00. The summed E-state index contributed by atoms with van der Waals surface area (Å²) in [5.41, 5.74) is 1.78. The zero-order valence-electron chi connectivity index (χ0n) is 12.7. The molecule has 2 aliphatic rings. The van der Waals surface area contributed by atoms with Crippen LogP contribution in [0, 0.1) is 5.92 Å². The van der Waals surface area contributed by atoms with E-state index in [1.54, 1.807) is 7.05 Å². The number of hydrogen-bond donors (Lipinski definition) is 3. The van der Waals surface area contributed by atoms with E-state index in [9.17, 15) is 4.79 Å². The van der Waals surface area contributed by atoms with Crippen molar-refractivity contribution in [3.8, 4) is 0 Å². The third-order valence-corrected chi connectivity index (χ3v) is 4.89. The second kappa shape index (κ2) is 6.48. The Hall–Kier alpha value is -1.55. The SMILES string of the molecule is CNC(=O)c1cccc(NC2CCCC2C2CCCN2)c1. The van der Waals surface area contributed by atoms with Gasteiger partial charge < -0.3 is 16.0 Å². The molecule has 1 aromatic carbocycles. The minimum Gasteiger partial charge on any atom is -0.382 e. The average molecular weight is 287 g/mol. The van der Waals surface area contributed by atoms with E-state index in [-0.39, 0.29) is 5.91 Å². The molecule has 4 heteroatoms. The van der Waals surface area contributed by atoms with Gasteiger partial charge in [-0.2, -0.15) is 0 Å². The summed E-state index contributed by atoms with van der Waals surface area (Å²) in [6, 6.07) is 9.02. The van der Waals surface area contributed by atoms with Gasteiger partial charge >= 0.3 is 0 Å². The number of carbonyl (C=O) groups is 1. The summed E-state index contributed by atoms with van der Waals surface area (Å²) < 4.78 is 0. The minimum atomic E-state index is -0.0286. The minimum absolute atomic E-state index is 0.0286. The smallest absolute Gasteiger partial charge is 0.251 e. The van der Waals surface area contributed by atoms with Crippen LogP contribution in [0.2, 0.25) is 0 Å². The Morgan fingerprint density at radius 1 is 1.24 bits per heavy atom. The lowest BCUT2D eigenvalue weighted by Gasteiger charge is -2.27. The number of rotatable bonds is 4. The van der Waals surface area contributed by atoms with Crippen LogP contribution in [0.15, 0.2) is 24.3 Å². The van der Waals surface area contributed by atoms with Crippen LogP contribution in [-0.4, -0.2) is 31.6 Å².